The third-order valence-corrected chi connectivity index (χ3v) is 5.99. The highest BCUT2D eigenvalue weighted by Gasteiger charge is 2.27. The minimum atomic E-state index is 0.238. The van der Waals surface area contributed by atoms with E-state index in [1.165, 1.54) is 37.4 Å². The van der Waals surface area contributed by atoms with Crippen molar-refractivity contribution in [2.75, 3.05) is 26.2 Å². The molecule has 2 atom stereocenters. The van der Waals surface area contributed by atoms with Crippen molar-refractivity contribution in [3.63, 3.8) is 0 Å². The molecule has 1 N–H and O–H groups in total. The van der Waals surface area contributed by atoms with Crippen LogP contribution >= 0.6 is 11.3 Å². The molecule has 0 saturated carbocycles. The van der Waals surface area contributed by atoms with Crippen molar-refractivity contribution in [3.05, 3.63) is 22.4 Å². The first-order chi connectivity index (χ1) is 9.53. The molecular formula is C17H30N2S. The quantitative estimate of drug-likeness (QED) is 0.860. The monoisotopic (exact) mass is 294 g/mol. The molecule has 0 bridgehead atoms. The Morgan fingerprint density at radius 1 is 1.50 bits per heavy atom. The van der Waals surface area contributed by atoms with Gasteiger partial charge in [-0.1, -0.05) is 26.8 Å². The molecule has 1 aliphatic rings. The van der Waals surface area contributed by atoms with Crippen LogP contribution in [0.5, 0.6) is 0 Å². The Morgan fingerprint density at radius 3 is 2.95 bits per heavy atom. The Bertz CT molecular complexity index is 386. The predicted molar refractivity (Wildman–Crippen MR) is 89.6 cm³/mol. The summed E-state index contributed by atoms with van der Waals surface area (Å²) in [6.45, 7) is 14.2. The first kappa shape index (κ1) is 16.0. The van der Waals surface area contributed by atoms with E-state index in [0.29, 0.717) is 6.04 Å². The molecule has 1 aromatic rings. The number of nitrogens with zero attached hydrogens (tertiary/aromatic N) is 1. The van der Waals surface area contributed by atoms with Gasteiger partial charge in [-0.05, 0) is 50.2 Å². The van der Waals surface area contributed by atoms with Crippen molar-refractivity contribution in [3.8, 4) is 0 Å². The molecule has 2 unspecified atom stereocenters. The molecule has 0 aliphatic carbocycles. The van der Waals surface area contributed by atoms with Crippen molar-refractivity contribution in [2.24, 2.45) is 5.92 Å². The maximum atomic E-state index is 3.81. The number of hydrogen-bond donors (Lipinski definition) is 1. The Kier molecular flexibility index (Phi) is 5.65. The van der Waals surface area contributed by atoms with E-state index in [4.69, 9.17) is 0 Å². The third-order valence-electron chi connectivity index (χ3n) is 4.75. The summed E-state index contributed by atoms with van der Waals surface area (Å²) in [6, 6.07) is 5.03. The second kappa shape index (κ2) is 7.06. The normalized spacial score (nSPS) is 22.9. The van der Waals surface area contributed by atoms with Gasteiger partial charge in [-0.25, -0.2) is 0 Å². The third kappa shape index (κ3) is 4.06. The largest absolute Gasteiger partial charge is 0.313 e. The molecule has 0 spiro atoms. The molecule has 3 heteroatoms. The van der Waals surface area contributed by atoms with Crippen LogP contribution in [0.3, 0.4) is 0 Å². The van der Waals surface area contributed by atoms with Gasteiger partial charge in [0.25, 0.3) is 0 Å². The van der Waals surface area contributed by atoms with Crippen molar-refractivity contribution < 1.29 is 0 Å². The minimum absolute atomic E-state index is 0.238. The Labute approximate surface area is 128 Å². The first-order valence-corrected chi connectivity index (χ1v) is 8.90. The van der Waals surface area contributed by atoms with E-state index in [9.17, 15) is 0 Å². The van der Waals surface area contributed by atoms with Gasteiger partial charge in [-0.3, -0.25) is 0 Å². The zero-order valence-corrected chi connectivity index (χ0v) is 14.3. The van der Waals surface area contributed by atoms with Crippen LogP contribution < -0.4 is 5.32 Å². The fourth-order valence-corrected chi connectivity index (χ4v) is 3.97. The SMILES string of the molecule is CCN1CCCC(C(C)NCC(C)(C)c2cccs2)C1. The Balaban J connectivity index is 1.84. The summed E-state index contributed by atoms with van der Waals surface area (Å²) in [5, 5.41) is 5.99. The molecule has 1 aliphatic heterocycles. The molecule has 2 rings (SSSR count). The maximum absolute atomic E-state index is 3.81. The van der Waals surface area contributed by atoms with Gasteiger partial charge in [-0.2, -0.15) is 0 Å². The first-order valence-electron chi connectivity index (χ1n) is 8.02. The van der Waals surface area contributed by atoms with Crippen LogP contribution in [0, 0.1) is 5.92 Å². The number of thiophene rings is 1. The van der Waals surface area contributed by atoms with Crippen LogP contribution in [0.25, 0.3) is 0 Å². The zero-order chi connectivity index (χ0) is 14.6. The van der Waals surface area contributed by atoms with Crippen molar-refractivity contribution in [1.82, 2.24) is 10.2 Å². The lowest BCUT2D eigenvalue weighted by molar-refractivity contribution is 0.155. The molecule has 0 amide bonds. The van der Waals surface area contributed by atoms with Crippen LogP contribution in [0.2, 0.25) is 0 Å². The van der Waals surface area contributed by atoms with Gasteiger partial charge >= 0.3 is 0 Å². The van der Waals surface area contributed by atoms with Crippen molar-refractivity contribution >= 4 is 11.3 Å². The lowest BCUT2D eigenvalue weighted by atomic mass is 9.88. The van der Waals surface area contributed by atoms with E-state index in [1.54, 1.807) is 0 Å². The molecule has 1 fully saturated rings. The summed E-state index contributed by atoms with van der Waals surface area (Å²) >= 11 is 1.87. The van der Waals surface area contributed by atoms with Gasteiger partial charge in [0.15, 0.2) is 0 Å². The van der Waals surface area contributed by atoms with Gasteiger partial charge in [-0.15, -0.1) is 11.3 Å². The number of piperidine rings is 1. The molecule has 1 saturated heterocycles. The highest BCUT2D eigenvalue weighted by molar-refractivity contribution is 7.10. The Hall–Kier alpha value is -0.380. The average molecular weight is 295 g/mol. The second-order valence-electron chi connectivity index (χ2n) is 6.83. The highest BCUT2D eigenvalue weighted by atomic mass is 32.1. The molecule has 114 valence electrons. The maximum Gasteiger partial charge on any atom is 0.0115 e. The Morgan fingerprint density at radius 2 is 2.30 bits per heavy atom. The molecule has 2 nitrogen and oxygen atoms in total. The predicted octanol–water partition coefficient (Wildman–Crippen LogP) is 3.74. The van der Waals surface area contributed by atoms with Crippen LogP contribution in [0.4, 0.5) is 0 Å². The van der Waals surface area contributed by atoms with Gasteiger partial charge < -0.3 is 10.2 Å². The van der Waals surface area contributed by atoms with Crippen LogP contribution in [0.1, 0.15) is 45.4 Å². The van der Waals surface area contributed by atoms with Crippen molar-refractivity contribution in [2.45, 2.75) is 52.0 Å². The lowest BCUT2D eigenvalue weighted by Crippen LogP contribution is -2.47. The van der Waals surface area contributed by atoms with Gasteiger partial charge in [0.1, 0.15) is 0 Å². The molecule has 20 heavy (non-hydrogen) atoms. The van der Waals surface area contributed by atoms with Crippen LogP contribution in [-0.4, -0.2) is 37.1 Å². The summed E-state index contributed by atoms with van der Waals surface area (Å²) in [7, 11) is 0. The second-order valence-corrected chi connectivity index (χ2v) is 7.77. The van der Waals surface area contributed by atoms with Gasteiger partial charge in [0, 0.05) is 29.4 Å². The summed E-state index contributed by atoms with van der Waals surface area (Å²) in [6.07, 6.45) is 2.74. The van der Waals surface area contributed by atoms with Crippen molar-refractivity contribution in [1.29, 1.82) is 0 Å². The number of hydrogen-bond acceptors (Lipinski definition) is 3. The number of rotatable bonds is 6. The van der Waals surface area contributed by atoms with Crippen LogP contribution in [0.15, 0.2) is 17.5 Å². The van der Waals surface area contributed by atoms with E-state index in [-0.39, 0.29) is 5.41 Å². The summed E-state index contributed by atoms with van der Waals surface area (Å²) in [5.41, 5.74) is 0.238. The topological polar surface area (TPSA) is 15.3 Å². The summed E-state index contributed by atoms with van der Waals surface area (Å²) in [5.74, 6) is 0.808. The van der Waals surface area contributed by atoms with Crippen LogP contribution in [-0.2, 0) is 5.41 Å². The zero-order valence-electron chi connectivity index (χ0n) is 13.5. The molecule has 0 radical (unpaired) electrons. The van der Waals surface area contributed by atoms with E-state index >= 15 is 0 Å². The highest BCUT2D eigenvalue weighted by Crippen LogP contribution is 2.27. The lowest BCUT2D eigenvalue weighted by Gasteiger charge is -2.37. The standard InChI is InChI=1S/C17H30N2S/c1-5-19-10-6-8-15(12-19)14(2)18-13-17(3,4)16-9-7-11-20-16/h7,9,11,14-15,18H,5-6,8,10,12-13H2,1-4H3. The smallest absolute Gasteiger partial charge is 0.0115 e. The fourth-order valence-electron chi connectivity index (χ4n) is 3.12. The van der Waals surface area contributed by atoms with E-state index in [1.807, 2.05) is 11.3 Å². The van der Waals surface area contributed by atoms with Gasteiger partial charge in [0.2, 0.25) is 0 Å². The number of nitrogens with one attached hydrogen (secondary N) is 1. The van der Waals surface area contributed by atoms with E-state index in [0.717, 1.165) is 12.5 Å². The summed E-state index contributed by atoms with van der Waals surface area (Å²) in [4.78, 5) is 4.08. The van der Waals surface area contributed by atoms with Gasteiger partial charge in [0.05, 0.1) is 0 Å². The molecule has 0 aromatic carbocycles. The van der Waals surface area contributed by atoms with E-state index < -0.39 is 0 Å². The molecule has 1 aromatic heterocycles. The van der Waals surface area contributed by atoms with E-state index in [2.05, 4.69) is 55.4 Å². The molecule has 2 heterocycles. The molecular weight excluding hydrogens is 264 g/mol. The fraction of sp³-hybridized carbons (Fsp3) is 0.765. The number of likely N-dealkylation sites (tertiary alicyclic amines) is 1. The summed E-state index contributed by atoms with van der Waals surface area (Å²) < 4.78 is 0. The minimum Gasteiger partial charge on any atom is -0.313 e. The average Bonchev–Trinajstić information content (AvgIpc) is 3.00.